The third kappa shape index (κ3) is 3.37. The minimum absolute atomic E-state index is 0.0662. The lowest BCUT2D eigenvalue weighted by Gasteiger charge is -2.37. The Hall–Kier alpha value is -1.56. The molecule has 6 heteroatoms. The van der Waals surface area contributed by atoms with Gasteiger partial charge in [-0.05, 0) is 31.6 Å². The number of amides is 2. The number of hydrogen-bond donors (Lipinski definition) is 3. The second kappa shape index (κ2) is 6.05. The molecule has 0 unspecified atom stereocenters. The van der Waals surface area contributed by atoms with Crippen molar-refractivity contribution in [1.29, 1.82) is 0 Å². The lowest BCUT2D eigenvalue weighted by Crippen LogP contribution is -2.47. The van der Waals surface area contributed by atoms with Gasteiger partial charge in [0.15, 0.2) is 0 Å². The van der Waals surface area contributed by atoms with Gasteiger partial charge in [0, 0.05) is 24.8 Å². The van der Waals surface area contributed by atoms with Gasteiger partial charge in [0.25, 0.3) is 0 Å². The topological polar surface area (TPSA) is 79.2 Å². The highest BCUT2D eigenvalue weighted by molar-refractivity contribution is 5.74. The maximum absolute atomic E-state index is 12.2. The summed E-state index contributed by atoms with van der Waals surface area (Å²) in [6.45, 7) is 0. The molecule has 0 aromatic carbocycles. The van der Waals surface area contributed by atoms with Crippen LogP contribution < -0.4 is 10.6 Å². The second-order valence-corrected chi connectivity index (χ2v) is 6.41. The fourth-order valence-electron chi connectivity index (χ4n) is 3.41. The zero-order valence-corrected chi connectivity index (χ0v) is 12.5. The molecule has 116 valence electrons. The van der Waals surface area contributed by atoms with Gasteiger partial charge in [-0.2, -0.15) is 5.10 Å². The van der Waals surface area contributed by atoms with Gasteiger partial charge in [0.05, 0.1) is 18.3 Å². The average molecular weight is 292 g/mol. The molecule has 6 nitrogen and oxygen atoms in total. The van der Waals surface area contributed by atoms with Crippen molar-refractivity contribution in [2.24, 2.45) is 13.0 Å². The van der Waals surface area contributed by atoms with E-state index in [1.54, 1.807) is 10.9 Å². The first-order chi connectivity index (χ1) is 10.1. The van der Waals surface area contributed by atoms with Crippen LogP contribution >= 0.6 is 0 Å². The zero-order valence-electron chi connectivity index (χ0n) is 12.5. The summed E-state index contributed by atoms with van der Waals surface area (Å²) in [5, 5.41) is 19.9. The molecule has 0 aliphatic heterocycles. The molecule has 0 spiro atoms. The fourth-order valence-corrected chi connectivity index (χ4v) is 3.41. The fraction of sp³-hybridized carbons (Fsp3) is 0.733. The Morgan fingerprint density at radius 3 is 2.71 bits per heavy atom. The highest BCUT2D eigenvalue weighted by atomic mass is 16.3. The number of carbonyl (C=O) groups excluding carboxylic acids is 1. The molecule has 3 N–H and O–H groups in total. The van der Waals surface area contributed by atoms with Gasteiger partial charge < -0.3 is 15.7 Å². The van der Waals surface area contributed by atoms with Crippen LogP contribution in [0.1, 0.15) is 50.1 Å². The van der Waals surface area contributed by atoms with Crippen molar-refractivity contribution in [1.82, 2.24) is 20.4 Å². The van der Waals surface area contributed by atoms with Crippen LogP contribution in [0.25, 0.3) is 0 Å². The Balaban J connectivity index is 1.62. The van der Waals surface area contributed by atoms with E-state index in [1.807, 2.05) is 13.2 Å². The normalized spacial score (nSPS) is 27.1. The Labute approximate surface area is 124 Å². The van der Waals surface area contributed by atoms with Crippen molar-refractivity contribution in [3.8, 4) is 0 Å². The number of carbonyl (C=O) groups is 1. The molecule has 21 heavy (non-hydrogen) atoms. The van der Waals surface area contributed by atoms with E-state index in [2.05, 4.69) is 15.7 Å². The Kier molecular flexibility index (Phi) is 4.14. The smallest absolute Gasteiger partial charge is 0.315 e. The predicted molar refractivity (Wildman–Crippen MR) is 78.6 cm³/mol. The van der Waals surface area contributed by atoms with Crippen LogP contribution in [0.4, 0.5) is 4.79 Å². The predicted octanol–water partition coefficient (Wildman–Crippen LogP) is 1.47. The van der Waals surface area contributed by atoms with E-state index in [-0.39, 0.29) is 18.2 Å². The minimum atomic E-state index is -0.228. The zero-order chi connectivity index (χ0) is 14.8. The summed E-state index contributed by atoms with van der Waals surface area (Å²) in [5.41, 5.74) is 1.01. The Bertz CT molecular complexity index is 490. The van der Waals surface area contributed by atoms with E-state index >= 15 is 0 Å². The second-order valence-electron chi connectivity index (χ2n) is 6.41. The molecular formula is C15H24N4O2. The molecular weight excluding hydrogens is 268 g/mol. The molecule has 0 saturated heterocycles. The van der Waals surface area contributed by atoms with Crippen molar-refractivity contribution in [2.45, 2.75) is 56.7 Å². The third-order valence-electron chi connectivity index (χ3n) is 4.68. The van der Waals surface area contributed by atoms with Crippen molar-refractivity contribution < 1.29 is 9.90 Å². The summed E-state index contributed by atoms with van der Waals surface area (Å²) < 4.78 is 1.74. The monoisotopic (exact) mass is 292 g/mol. The summed E-state index contributed by atoms with van der Waals surface area (Å²) in [4.78, 5) is 12.2. The van der Waals surface area contributed by atoms with Crippen LogP contribution in [0.5, 0.6) is 0 Å². The van der Waals surface area contributed by atoms with E-state index < -0.39 is 0 Å². The molecule has 2 amide bonds. The molecule has 0 radical (unpaired) electrons. The van der Waals surface area contributed by atoms with Gasteiger partial charge >= 0.3 is 6.03 Å². The van der Waals surface area contributed by atoms with E-state index in [0.717, 1.165) is 31.2 Å². The van der Waals surface area contributed by atoms with Gasteiger partial charge in [-0.15, -0.1) is 0 Å². The summed E-state index contributed by atoms with van der Waals surface area (Å²) in [7, 11) is 1.87. The number of urea groups is 1. The number of nitrogens with one attached hydrogen (secondary N) is 2. The molecule has 0 bridgehead atoms. The lowest BCUT2D eigenvalue weighted by atomic mass is 9.75. The Morgan fingerprint density at radius 1 is 1.43 bits per heavy atom. The first kappa shape index (κ1) is 14.4. The summed E-state index contributed by atoms with van der Waals surface area (Å²) >= 11 is 0. The number of aromatic nitrogens is 2. The first-order valence-corrected chi connectivity index (χ1v) is 7.85. The molecule has 1 heterocycles. The van der Waals surface area contributed by atoms with E-state index in [9.17, 15) is 9.90 Å². The Morgan fingerprint density at radius 2 is 2.14 bits per heavy atom. The number of hydrogen-bond acceptors (Lipinski definition) is 3. The third-order valence-corrected chi connectivity index (χ3v) is 4.68. The maximum Gasteiger partial charge on any atom is 0.315 e. The van der Waals surface area contributed by atoms with Crippen LogP contribution in [0.3, 0.4) is 0 Å². The summed E-state index contributed by atoms with van der Waals surface area (Å²) in [5.74, 6) is 0.290. The van der Waals surface area contributed by atoms with Crippen molar-refractivity contribution >= 4 is 6.03 Å². The standard InChI is InChI=1S/C15H24N4O2/c1-19-9-11(8-16-19)14(10-6-13(20)7-10)18-15(21)17-12-4-2-3-5-12/h8-10,12-14,20H,2-7H2,1H3,(H2,17,18,21)/t10?,13?,14-/m1/s1. The maximum atomic E-state index is 12.2. The SMILES string of the molecule is Cn1cc([C@H](NC(=O)NC2CCCC2)C2CC(O)C2)cn1. The van der Waals surface area contributed by atoms with E-state index in [1.165, 1.54) is 12.8 Å². The van der Waals surface area contributed by atoms with Crippen molar-refractivity contribution in [3.63, 3.8) is 0 Å². The highest BCUT2D eigenvalue weighted by Crippen LogP contribution is 2.37. The molecule has 2 aliphatic rings. The molecule has 1 aromatic heterocycles. The van der Waals surface area contributed by atoms with Crippen LogP contribution in [0.2, 0.25) is 0 Å². The summed E-state index contributed by atoms with van der Waals surface area (Å²) in [6.07, 6.45) is 9.54. The van der Waals surface area contributed by atoms with Gasteiger partial charge in [-0.3, -0.25) is 4.68 Å². The van der Waals surface area contributed by atoms with Crippen LogP contribution in [-0.4, -0.2) is 33.1 Å². The molecule has 1 aromatic rings. The molecule has 3 rings (SSSR count). The quantitative estimate of drug-likeness (QED) is 0.786. The van der Waals surface area contributed by atoms with Crippen molar-refractivity contribution in [2.75, 3.05) is 0 Å². The lowest BCUT2D eigenvalue weighted by molar-refractivity contribution is 0.0258. The summed E-state index contributed by atoms with van der Waals surface area (Å²) in [6, 6.07) is 0.146. The number of aliphatic hydroxyl groups is 1. The number of aliphatic hydroxyl groups excluding tert-OH is 1. The highest BCUT2D eigenvalue weighted by Gasteiger charge is 2.36. The van der Waals surface area contributed by atoms with Crippen LogP contribution in [0, 0.1) is 5.92 Å². The van der Waals surface area contributed by atoms with E-state index in [0.29, 0.717) is 12.0 Å². The largest absolute Gasteiger partial charge is 0.393 e. The molecule has 2 fully saturated rings. The van der Waals surface area contributed by atoms with Crippen LogP contribution in [-0.2, 0) is 7.05 Å². The van der Waals surface area contributed by atoms with Crippen molar-refractivity contribution in [3.05, 3.63) is 18.0 Å². The molecule has 1 atom stereocenters. The van der Waals surface area contributed by atoms with Gasteiger partial charge in [0.2, 0.25) is 0 Å². The van der Waals surface area contributed by atoms with Gasteiger partial charge in [-0.25, -0.2) is 4.79 Å². The van der Waals surface area contributed by atoms with E-state index in [4.69, 9.17) is 0 Å². The van der Waals surface area contributed by atoms with Gasteiger partial charge in [-0.1, -0.05) is 12.8 Å². The van der Waals surface area contributed by atoms with Gasteiger partial charge in [0.1, 0.15) is 0 Å². The average Bonchev–Trinajstić information content (AvgIpc) is 3.04. The molecule has 2 saturated carbocycles. The number of rotatable bonds is 4. The number of aryl methyl sites for hydroxylation is 1. The van der Waals surface area contributed by atoms with Crippen LogP contribution in [0.15, 0.2) is 12.4 Å². The molecule has 2 aliphatic carbocycles. The number of nitrogens with zero attached hydrogens (tertiary/aromatic N) is 2. The minimum Gasteiger partial charge on any atom is -0.393 e. The first-order valence-electron chi connectivity index (χ1n) is 7.85.